The minimum Gasteiger partial charge on any atom is -0.316 e. The van der Waals surface area contributed by atoms with Crippen molar-refractivity contribution in [3.8, 4) is 11.3 Å². The number of hydrogen-bond donors (Lipinski definition) is 0. The van der Waals surface area contributed by atoms with Crippen LogP contribution in [0.1, 0.15) is 25.3 Å². The summed E-state index contributed by atoms with van der Waals surface area (Å²) < 4.78 is 28.7. The highest BCUT2D eigenvalue weighted by Crippen LogP contribution is 2.30. The minimum absolute atomic E-state index is 0. The first-order valence-electron chi connectivity index (χ1n) is 9.77. The second kappa shape index (κ2) is 10.9. The quantitative estimate of drug-likeness (QED) is 0.364. The fourth-order valence-corrected chi connectivity index (χ4v) is 5.37. The number of nitrogens with zero attached hydrogens (tertiary/aromatic N) is 3. The van der Waals surface area contributed by atoms with Crippen molar-refractivity contribution in [1.82, 2.24) is 8.87 Å². The second-order valence-corrected chi connectivity index (χ2v) is 10.6. The van der Waals surface area contributed by atoms with Crippen LogP contribution in [0.15, 0.2) is 57.7 Å². The number of benzene rings is 2. The van der Waals surface area contributed by atoms with Gasteiger partial charge in [0.25, 0.3) is 0 Å². The van der Waals surface area contributed by atoms with E-state index in [9.17, 15) is 8.42 Å². The highest BCUT2D eigenvalue weighted by molar-refractivity contribution is 8.93. The van der Waals surface area contributed by atoms with E-state index in [-0.39, 0.29) is 26.9 Å². The average Bonchev–Trinajstić information content (AvgIpc) is 3.10. The van der Waals surface area contributed by atoms with E-state index in [0.717, 1.165) is 46.7 Å². The Kier molecular flexibility index (Phi) is 9.09. The van der Waals surface area contributed by atoms with Gasteiger partial charge in [0.2, 0.25) is 10.0 Å². The molecule has 168 valence electrons. The molecule has 0 radical (unpaired) electrons. The molecule has 0 atom stereocenters. The number of para-hydroxylation sites is 1. The molecule has 0 bridgehead atoms. The maximum absolute atomic E-state index is 12.7. The van der Waals surface area contributed by atoms with Gasteiger partial charge in [0.05, 0.1) is 16.4 Å². The van der Waals surface area contributed by atoms with Gasteiger partial charge in [-0.15, -0.1) is 28.3 Å². The summed E-state index contributed by atoms with van der Waals surface area (Å²) in [5.74, 6) is 0. The topological polar surface area (TPSA) is 54.7 Å². The van der Waals surface area contributed by atoms with Crippen molar-refractivity contribution in [3.63, 3.8) is 0 Å². The zero-order chi connectivity index (χ0) is 21.9. The first-order chi connectivity index (χ1) is 14.3. The molecule has 5 nitrogen and oxygen atoms in total. The molecular formula is C22H27BrClN3O2S2. The van der Waals surface area contributed by atoms with Crippen LogP contribution in [0.5, 0.6) is 0 Å². The molecule has 0 amide bonds. The van der Waals surface area contributed by atoms with Crippen molar-refractivity contribution in [2.45, 2.75) is 38.1 Å². The van der Waals surface area contributed by atoms with Crippen molar-refractivity contribution < 1.29 is 8.42 Å². The number of hydrogen-bond acceptors (Lipinski definition) is 4. The highest BCUT2D eigenvalue weighted by Gasteiger charge is 2.22. The van der Waals surface area contributed by atoms with Crippen LogP contribution in [-0.2, 0) is 16.6 Å². The van der Waals surface area contributed by atoms with Gasteiger partial charge >= 0.3 is 0 Å². The van der Waals surface area contributed by atoms with Gasteiger partial charge in [-0.05, 0) is 37.1 Å². The maximum atomic E-state index is 12.7. The molecule has 0 aliphatic rings. The molecular weight excluding hydrogens is 518 g/mol. The van der Waals surface area contributed by atoms with Crippen molar-refractivity contribution >= 4 is 55.6 Å². The number of halogens is 2. The van der Waals surface area contributed by atoms with Crippen LogP contribution in [0.2, 0.25) is 5.02 Å². The van der Waals surface area contributed by atoms with Crippen molar-refractivity contribution in [2.24, 2.45) is 4.99 Å². The number of aryl methyl sites for hydroxylation is 1. The number of rotatable bonds is 7. The van der Waals surface area contributed by atoms with Gasteiger partial charge in [-0.3, -0.25) is 0 Å². The summed E-state index contributed by atoms with van der Waals surface area (Å²) in [6.45, 7) is 4.99. The molecule has 1 aromatic heterocycles. The van der Waals surface area contributed by atoms with Crippen LogP contribution < -0.4 is 4.80 Å². The van der Waals surface area contributed by atoms with Crippen LogP contribution in [0, 0.1) is 6.92 Å². The Balaban J connectivity index is 0.00000341. The predicted octanol–water partition coefficient (Wildman–Crippen LogP) is 6.04. The summed E-state index contributed by atoms with van der Waals surface area (Å²) in [6, 6.07) is 13.2. The van der Waals surface area contributed by atoms with Gasteiger partial charge in [-0.2, -0.15) is 0 Å². The fourth-order valence-electron chi connectivity index (χ4n) is 3.03. The van der Waals surface area contributed by atoms with E-state index >= 15 is 0 Å². The van der Waals surface area contributed by atoms with Gasteiger partial charge < -0.3 is 4.57 Å². The zero-order valence-electron chi connectivity index (χ0n) is 18.0. The van der Waals surface area contributed by atoms with Crippen LogP contribution in [0.25, 0.3) is 11.3 Å². The second-order valence-electron chi connectivity index (χ2n) is 7.24. The third kappa shape index (κ3) is 5.68. The number of thiazole rings is 1. The SMILES string of the molecule is Br.CCCCn1c(-c2ccc(Cl)c(S(=O)(=O)N(C)C)c2)cs/c1=N/c1ccccc1C. The van der Waals surface area contributed by atoms with Crippen LogP contribution in [0.4, 0.5) is 5.69 Å². The molecule has 9 heteroatoms. The summed E-state index contributed by atoms with van der Waals surface area (Å²) in [5, 5.41) is 2.25. The van der Waals surface area contributed by atoms with Gasteiger partial charge in [0, 0.05) is 31.6 Å². The molecule has 0 aliphatic carbocycles. The highest BCUT2D eigenvalue weighted by atomic mass is 79.9. The largest absolute Gasteiger partial charge is 0.316 e. The molecule has 0 aliphatic heterocycles. The van der Waals surface area contributed by atoms with E-state index in [1.54, 1.807) is 23.5 Å². The van der Waals surface area contributed by atoms with Crippen LogP contribution in [0.3, 0.4) is 0 Å². The Bertz CT molecular complexity index is 1220. The lowest BCUT2D eigenvalue weighted by Crippen LogP contribution is -2.22. The van der Waals surface area contributed by atoms with Crippen LogP contribution in [-0.4, -0.2) is 31.4 Å². The van der Waals surface area contributed by atoms with Gasteiger partial charge in [-0.25, -0.2) is 17.7 Å². The molecule has 2 aromatic carbocycles. The lowest BCUT2D eigenvalue weighted by Gasteiger charge is -2.15. The Labute approximate surface area is 203 Å². The fraction of sp³-hybridized carbons (Fsp3) is 0.318. The summed E-state index contributed by atoms with van der Waals surface area (Å²) in [4.78, 5) is 5.88. The Morgan fingerprint density at radius 3 is 2.52 bits per heavy atom. The molecule has 0 saturated heterocycles. The average molecular weight is 545 g/mol. The normalized spacial score (nSPS) is 12.3. The molecule has 3 rings (SSSR count). The smallest absolute Gasteiger partial charge is 0.244 e. The summed E-state index contributed by atoms with van der Waals surface area (Å²) in [7, 11) is -0.636. The number of sulfonamides is 1. The van der Waals surface area contributed by atoms with Gasteiger partial charge in [0.1, 0.15) is 4.90 Å². The Morgan fingerprint density at radius 1 is 1.16 bits per heavy atom. The zero-order valence-corrected chi connectivity index (χ0v) is 22.1. The summed E-state index contributed by atoms with van der Waals surface area (Å²) in [5.41, 5.74) is 3.79. The van der Waals surface area contributed by atoms with E-state index in [2.05, 4.69) is 11.5 Å². The first kappa shape index (κ1) is 25.8. The van der Waals surface area contributed by atoms with Crippen molar-refractivity contribution in [1.29, 1.82) is 0 Å². The van der Waals surface area contributed by atoms with E-state index in [1.807, 2.05) is 42.6 Å². The monoisotopic (exact) mass is 543 g/mol. The summed E-state index contributed by atoms with van der Waals surface area (Å²) >= 11 is 7.79. The minimum atomic E-state index is -3.64. The molecule has 31 heavy (non-hydrogen) atoms. The first-order valence-corrected chi connectivity index (χ1v) is 12.5. The Morgan fingerprint density at radius 2 is 1.87 bits per heavy atom. The molecule has 1 heterocycles. The van der Waals surface area contributed by atoms with Gasteiger partial charge in [0.15, 0.2) is 4.80 Å². The van der Waals surface area contributed by atoms with Crippen LogP contribution >= 0.6 is 39.9 Å². The lowest BCUT2D eigenvalue weighted by molar-refractivity contribution is 0.521. The number of unbranched alkanes of at least 4 members (excludes halogenated alkanes) is 1. The third-order valence-corrected chi connectivity index (χ3v) is 8.01. The maximum Gasteiger partial charge on any atom is 0.244 e. The number of aromatic nitrogens is 1. The lowest BCUT2D eigenvalue weighted by atomic mass is 10.1. The van der Waals surface area contributed by atoms with E-state index < -0.39 is 10.0 Å². The molecule has 0 N–H and O–H groups in total. The third-order valence-electron chi connectivity index (χ3n) is 4.85. The molecule has 0 unspecified atom stereocenters. The van der Waals surface area contributed by atoms with Crippen molar-refractivity contribution in [2.75, 3.05) is 14.1 Å². The van der Waals surface area contributed by atoms with E-state index in [1.165, 1.54) is 18.4 Å². The predicted molar refractivity (Wildman–Crippen MR) is 135 cm³/mol. The molecule has 0 fully saturated rings. The molecule has 0 saturated carbocycles. The van der Waals surface area contributed by atoms with E-state index in [4.69, 9.17) is 16.6 Å². The molecule has 3 aromatic rings. The van der Waals surface area contributed by atoms with Crippen molar-refractivity contribution in [3.05, 3.63) is 63.2 Å². The molecule has 0 spiro atoms. The summed E-state index contributed by atoms with van der Waals surface area (Å²) in [6.07, 6.45) is 2.05. The van der Waals surface area contributed by atoms with Gasteiger partial charge in [-0.1, -0.05) is 49.2 Å². The Hall–Kier alpha value is -1.45. The standard InChI is InChI=1S/C22H26ClN3O2S2.BrH/c1-5-6-13-26-20(15-29-22(26)24-19-10-8-7-9-16(19)2)17-11-12-18(23)21(14-17)30(27,28)25(3)4;/h7-12,14-15H,5-6,13H2,1-4H3;1H/b24-22+;. The van der Waals surface area contributed by atoms with E-state index in [0.29, 0.717) is 0 Å².